The van der Waals surface area contributed by atoms with Gasteiger partial charge in [-0.05, 0) is 37.0 Å². The van der Waals surface area contributed by atoms with Crippen LogP contribution in [0, 0.1) is 11.7 Å². The van der Waals surface area contributed by atoms with Crippen LogP contribution >= 0.6 is 0 Å². The van der Waals surface area contributed by atoms with E-state index in [0.29, 0.717) is 19.5 Å². The van der Waals surface area contributed by atoms with Crippen LogP contribution in [0.5, 0.6) is 5.75 Å². The fourth-order valence-electron chi connectivity index (χ4n) is 3.14. The Balaban J connectivity index is 1.76. The number of nitrogens with zero attached hydrogens (tertiary/aromatic N) is 1. The van der Waals surface area contributed by atoms with Crippen molar-refractivity contribution in [1.29, 1.82) is 0 Å². The molecule has 6 heteroatoms. The van der Waals surface area contributed by atoms with Crippen molar-refractivity contribution < 1.29 is 19.0 Å². The number of urea groups is 1. The van der Waals surface area contributed by atoms with Gasteiger partial charge in [0.15, 0.2) is 11.6 Å². The number of methoxy groups -OCH3 is 1. The molecule has 1 aromatic carbocycles. The van der Waals surface area contributed by atoms with Gasteiger partial charge in [-0.15, -0.1) is 0 Å². The Hall–Kier alpha value is -1.82. The summed E-state index contributed by atoms with van der Waals surface area (Å²) in [6.45, 7) is 1.03. The molecular weight excluding hydrogens is 311 g/mol. The topological polar surface area (TPSA) is 61.8 Å². The van der Waals surface area contributed by atoms with E-state index in [-0.39, 0.29) is 23.8 Å². The lowest BCUT2D eigenvalue weighted by Crippen LogP contribution is -2.43. The molecule has 0 radical (unpaired) electrons. The molecule has 0 spiro atoms. The number of benzene rings is 1. The number of ether oxygens (including phenoxy) is 1. The molecular formula is C18H27FN2O3. The Labute approximate surface area is 142 Å². The number of halogens is 1. The summed E-state index contributed by atoms with van der Waals surface area (Å²) < 4.78 is 18.3. The van der Waals surface area contributed by atoms with E-state index < -0.39 is 5.82 Å². The average molecular weight is 338 g/mol. The SMILES string of the molecule is COc1cc(CCNC(=O)N(C)C[C@@H]2CCCC[C@H]2O)ccc1F. The number of carbonyl (C=O) groups is 1. The van der Waals surface area contributed by atoms with Crippen LogP contribution < -0.4 is 10.1 Å². The predicted octanol–water partition coefficient (Wildman–Crippen LogP) is 2.57. The van der Waals surface area contributed by atoms with Crippen LogP contribution in [0.15, 0.2) is 18.2 Å². The summed E-state index contributed by atoms with van der Waals surface area (Å²) >= 11 is 0. The van der Waals surface area contributed by atoms with Crippen LogP contribution in [-0.2, 0) is 6.42 Å². The van der Waals surface area contributed by atoms with Crippen molar-refractivity contribution in [2.24, 2.45) is 5.92 Å². The van der Waals surface area contributed by atoms with Gasteiger partial charge in [0, 0.05) is 26.1 Å². The second-order valence-electron chi connectivity index (χ2n) is 6.44. The molecule has 1 fully saturated rings. The van der Waals surface area contributed by atoms with Crippen LogP contribution in [0.4, 0.5) is 9.18 Å². The Morgan fingerprint density at radius 2 is 2.17 bits per heavy atom. The van der Waals surface area contributed by atoms with Crippen LogP contribution in [0.2, 0.25) is 0 Å². The molecule has 1 aliphatic carbocycles. The molecule has 24 heavy (non-hydrogen) atoms. The number of aliphatic hydroxyl groups excluding tert-OH is 1. The summed E-state index contributed by atoms with van der Waals surface area (Å²) in [5.74, 6) is -0.0193. The lowest BCUT2D eigenvalue weighted by molar-refractivity contribution is 0.0565. The van der Waals surface area contributed by atoms with E-state index in [9.17, 15) is 14.3 Å². The molecule has 1 aromatic rings. The molecule has 1 aliphatic rings. The van der Waals surface area contributed by atoms with Crippen molar-refractivity contribution in [2.45, 2.75) is 38.2 Å². The second kappa shape index (κ2) is 8.87. The number of hydrogen-bond donors (Lipinski definition) is 2. The van der Waals surface area contributed by atoms with Gasteiger partial charge in [0.25, 0.3) is 0 Å². The Morgan fingerprint density at radius 1 is 1.42 bits per heavy atom. The molecule has 0 bridgehead atoms. The standard InChI is InChI=1S/C18H27FN2O3/c1-21(12-14-5-3-4-6-16(14)22)18(23)20-10-9-13-7-8-15(19)17(11-13)24-2/h7-8,11,14,16,22H,3-6,9-10,12H2,1-2H3,(H,20,23)/t14-,16+/m0/s1. The number of hydrogen-bond acceptors (Lipinski definition) is 3. The fourth-order valence-corrected chi connectivity index (χ4v) is 3.14. The largest absolute Gasteiger partial charge is 0.494 e. The zero-order valence-corrected chi connectivity index (χ0v) is 14.4. The molecule has 134 valence electrons. The highest BCUT2D eigenvalue weighted by Gasteiger charge is 2.25. The maximum absolute atomic E-state index is 13.4. The molecule has 0 aliphatic heterocycles. The van der Waals surface area contributed by atoms with Gasteiger partial charge >= 0.3 is 6.03 Å². The molecule has 0 saturated heterocycles. The van der Waals surface area contributed by atoms with Gasteiger partial charge in [0.2, 0.25) is 0 Å². The van der Waals surface area contributed by atoms with Gasteiger partial charge in [0.05, 0.1) is 13.2 Å². The van der Waals surface area contributed by atoms with Gasteiger partial charge in [-0.1, -0.05) is 18.9 Å². The van der Waals surface area contributed by atoms with Crippen molar-refractivity contribution in [3.8, 4) is 5.75 Å². The first-order chi connectivity index (χ1) is 11.5. The van der Waals surface area contributed by atoms with Crippen molar-refractivity contribution in [3.05, 3.63) is 29.6 Å². The van der Waals surface area contributed by atoms with E-state index in [0.717, 1.165) is 31.2 Å². The summed E-state index contributed by atoms with van der Waals surface area (Å²) in [5.41, 5.74) is 0.902. The number of carbonyl (C=O) groups excluding carboxylic acids is 1. The first kappa shape index (κ1) is 18.5. The minimum Gasteiger partial charge on any atom is -0.494 e. The van der Waals surface area contributed by atoms with Crippen LogP contribution in [0.25, 0.3) is 0 Å². The molecule has 0 aromatic heterocycles. The highest BCUT2D eigenvalue weighted by molar-refractivity contribution is 5.73. The minimum absolute atomic E-state index is 0.151. The van der Waals surface area contributed by atoms with Gasteiger partial charge < -0.3 is 20.1 Å². The lowest BCUT2D eigenvalue weighted by Gasteiger charge is -2.31. The number of rotatable bonds is 6. The van der Waals surface area contributed by atoms with Gasteiger partial charge in [0.1, 0.15) is 0 Å². The Morgan fingerprint density at radius 3 is 2.88 bits per heavy atom. The summed E-state index contributed by atoms with van der Waals surface area (Å²) in [7, 11) is 3.18. The zero-order valence-electron chi connectivity index (χ0n) is 14.4. The maximum Gasteiger partial charge on any atom is 0.317 e. The monoisotopic (exact) mass is 338 g/mol. The first-order valence-corrected chi connectivity index (χ1v) is 8.50. The molecule has 1 saturated carbocycles. The molecule has 0 heterocycles. The number of nitrogens with one attached hydrogen (secondary N) is 1. The Kier molecular flexibility index (Phi) is 6.85. The summed E-state index contributed by atoms with van der Waals surface area (Å²) in [4.78, 5) is 13.8. The fraction of sp³-hybridized carbons (Fsp3) is 0.611. The third-order valence-electron chi connectivity index (χ3n) is 4.63. The van der Waals surface area contributed by atoms with Crippen LogP contribution in [0.1, 0.15) is 31.2 Å². The quantitative estimate of drug-likeness (QED) is 0.838. The zero-order chi connectivity index (χ0) is 17.5. The number of amides is 2. The van der Waals surface area contributed by atoms with Crippen LogP contribution in [0.3, 0.4) is 0 Å². The molecule has 2 atom stereocenters. The third-order valence-corrected chi connectivity index (χ3v) is 4.63. The third kappa shape index (κ3) is 5.09. The van der Waals surface area contributed by atoms with Crippen molar-refractivity contribution in [2.75, 3.05) is 27.2 Å². The lowest BCUT2D eigenvalue weighted by atomic mass is 9.86. The maximum atomic E-state index is 13.4. The van der Waals surface area contributed by atoms with E-state index in [1.807, 2.05) is 0 Å². The summed E-state index contributed by atoms with van der Waals surface area (Å²) in [6.07, 6.45) is 4.27. The molecule has 0 unspecified atom stereocenters. The molecule has 2 rings (SSSR count). The van der Waals surface area contributed by atoms with Crippen LogP contribution in [-0.4, -0.2) is 49.4 Å². The molecule has 2 N–H and O–H groups in total. The van der Waals surface area contributed by atoms with Gasteiger partial charge in [-0.3, -0.25) is 0 Å². The van der Waals surface area contributed by atoms with E-state index in [1.54, 1.807) is 24.1 Å². The summed E-state index contributed by atoms with van der Waals surface area (Å²) in [5, 5.41) is 12.9. The van der Waals surface area contributed by atoms with E-state index in [2.05, 4.69) is 5.32 Å². The average Bonchev–Trinajstić information content (AvgIpc) is 2.58. The number of aliphatic hydroxyl groups is 1. The molecule has 2 amide bonds. The first-order valence-electron chi connectivity index (χ1n) is 8.50. The van der Waals surface area contributed by atoms with E-state index >= 15 is 0 Å². The highest BCUT2D eigenvalue weighted by atomic mass is 19.1. The highest BCUT2D eigenvalue weighted by Crippen LogP contribution is 2.24. The smallest absolute Gasteiger partial charge is 0.317 e. The van der Waals surface area contributed by atoms with Crippen molar-refractivity contribution >= 4 is 6.03 Å². The van der Waals surface area contributed by atoms with E-state index in [1.165, 1.54) is 13.2 Å². The van der Waals surface area contributed by atoms with Gasteiger partial charge in [-0.2, -0.15) is 0 Å². The predicted molar refractivity (Wildman–Crippen MR) is 90.6 cm³/mol. The van der Waals surface area contributed by atoms with Gasteiger partial charge in [-0.25, -0.2) is 9.18 Å². The van der Waals surface area contributed by atoms with E-state index in [4.69, 9.17) is 4.74 Å². The normalized spacial score (nSPS) is 20.5. The summed E-state index contributed by atoms with van der Waals surface area (Å²) in [6, 6.07) is 4.55. The second-order valence-corrected chi connectivity index (χ2v) is 6.44. The minimum atomic E-state index is -0.393. The Bertz CT molecular complexity index is 553. The molecule has 5 nitrogen and oxygen atoms in total. The van der Waals surface area contributed by atoms with Crippen molar-refractivity contribution in [1.82, 2.24) is 10.2 Å². The van der Waals surface area contributed by atoms with Crippen molar-refractivity contribution in [3.63, 3.8) is 0 Å².